The highest BCUT2D eigenvalue weighted by atomic mass is 32.2. The number of sulfonamides is 1. The van der Waals surface area contributed by atoms with Crippen LogP contribution in [0.1, 0.15) is 12.2 Å². The first-order chi connectivity index (χ1) is 13.9. The van der Waals surface area contributed by atoms with Crippen molar-refractivity contribution in [3.05, 3.63) is 48.5 Å². The van der Waals surface area contributed by atoms with Crippen molar-refractivity contribution >= 4 is 21.7 Å². The second kappa shape index (κ2) is 9.12. The fourth-order valence-corrected chi connectivity index (χ4v) is 3.73. The van der Waals surface area contributed by atoms with E-state index in [0.29, 0.717) is 31.2 Å². The summed E-state index contributed by atoms with van der Waals surface area (Å²) in [5.41, 5.74) is 2.31. The summed E-state index contributed by atoms with van der Waals surface area (Å²) in [6, 6.07) is 8.24. The maximum Gasteiger partial charge on any atom is 0.240 e. The Balaban J connectivity index is 1.70. The molecule has 0 aliphatic heterocycles. The maximum atomic E-state index is 12.3. The van der Waals surface area contributed by atoms with Gasteiger partial charge in [-0.05, 0) is 43.7 Å². The minimum atomic E-state index is -3.55. The van der Waals surface area contributed by atoms with Gasteiger partial charge < -0.3 is 14.6 Å². The lowest BCUT2D eigenvalue weighted by Gasteiger charge is -2.09. The number of imidazole rings is 1. The van der Waals surface area contributed by atoms with Crippen LogP contribution < -0.4 is 10.0 Å². The number of nitrogens with one attached hydrogen (secondary N) is 2. The Morgan fingerprint density at radius 1 is 1.14 bits per heavy atom. The molecule has 2 N–H and O–H groups in total. The van der Waals surface area contributed by atoms with Crippen molar-refractivity contribution in [2.75, 3.05) is 25.6 Å². The van der Waals surface area contributed by atoms with Gasteiger partial charge >= 0.3 is 0 Å². The second-order valence-electron chi connectivity index (χ2n) is 6.41. The van der Waals surface area contributed by atoms with E-state index >= 15 is 0 Å². The number of nitrogens with zero attached hydrogens (tertiary/aromatic N) is 4. The van der Waals surface area contributed by atoms with Gasteiger partial charge in [0.05, 0.1) is 22.5 Å². The summed E-state index contributed by atoms with van der Waals surface area (Å²) >= 11 is 0. The monoisotopic (exact) mass is 416 g/mol. The van der Waals surface area contributed by atoms with Crippen LogP contribution in [0.2, 0.25) is 0 Å². The third kappa shape index (κ3) is 5.17. The normalized spacial score (nSPS) is 11.6. The summed E-state index contributed by atoms with van der Waals surface area (Å²) in [6.45, 7) is 2.75. The average Bonchev–Trinajstić information content (AvgIpc) is 3.05. The molecule has 0 aliphatic rings. The minimum absolute atomic E-state index is 0.195. The lowest BCUT2D eigenvalue weighted by molar-refractivity contribution is 0.196. The molecule has 0 radical (unpaired) electrons. The van der Waals surface area contributed by atoms with Gasteiger partial charge in [0.1, 0.15) is 5.82 Å². The van der Waals surface area contributed by atoms with Crippen LogP contribution in [0, 0.1) is 6.92 Å². The zero-order valence-electron chi connectivity index (χ0n) is 16.6. The van der Waals surface area contributed by atoms with Crippen LogP contribution in [0.4, 0.5) is 11.6 Å². The van der Waals surface area contributed by atoms with Crippen molar-refractivity contribution < 1.29 is 13.2 Å². The van der Waals surface area contributed by atoms with Gasteiger partial charge in [0.15, 0.2) is 0 Å². The maximum absolute atomic E-state index is 12.3. The summed E-state index contributed by atoms with van der Waals surface area (Å²) in [6.07, 6.45) is 4.04. The molecule has 29 heavy (non-hydrogen) atoms. The van der Waals surface area contributed by atoms with E-state index in [2.05, 4.69) is 25.0 Å². The van der Waals surface area contributed by atoms with Crippen molar-refractivity contribution in [2.24, 2.45) is 7.05 Å². The molecule has 9 nitrogen and oxygen atoms in total. The predicted octanol–water partition coefficient (Wildman–Crippen LogP) is 2.24. The molecule has 0 aliphatic carbocycles. The van der Waals surface area contributed by atoms with Gasteiger partial charge in [-0.2, -0.15) is 0 Å². The standard InChI is InChI=1S/C19H24N6O3S/c1-14-21-13-18(25(14)2)17-9-11-20-19(24-17)23-15-5-7-16(8-6-15)29(26,27)22-10-4-12-28-3/h5-9,11,13,22H,4,10,12H2,1-3H3,(H,20,23,24). The summed E-state index contributed by atoms with van der Waals surface area (Å²) < 4.78 is 34.0. The highest BCUT2D eigenvalue weighted by molar-refractivity contribution is 7.89. The smallest absolute Gasteiger partial charge is 0.240 e. The molecule has 3 rings (SSSR count). The zero-order valence-corrected chi connectivity index (χ0v) is 17.4. The number of rotatable bonds is 9. The molecular formula is C19H24N6O3S. The Morgan fingerprint density at radius 3 is 2.55 bits per heavy atom. The number of aryl methyl sites for hydroxylation is 1. The minimum Gasteiger partial charge on any atom is -0.385 e. The summed E-state index contributed by atoms with van der Waals surface area (Å²) in [5, 5.41) is 3.10. The lowest BCUT2D eigenvalue weighted by Crippen LogP contribution is -2.25. The summed E-state index contributed by atoms with van der Waals surface area (Å²) in [5.74, 6) is 1.30. The molecule has 0 saturated heterocycles. The van der Waals surface area contributed by atoms with Gasteiger partial charge in [-0.25, -0.2) is 28.1 Å². The first-order valence-electron chi connectivity index (χ1n) is 9.08. The van der Waals surface area contributed by atoms with E-state index in [1.807, 2.05) is 24.6 Å². The van der Waals surface area contributed by atoms with Gasteiger partial charge in [-0.3, -0.25) is 0 Å². The van der Waals surface area contributed by atoms with Crippen molar-refractivity contribution in [1.82, 2.24) is 24.2 Å². The number of benzene rings is 1. The first-order valence-corrected chi connectivity index (χ1v) is 10.6. The Kier molecular flexibility index (Phi) is 6.57. The third-order valence-electron chi connectivity index (χ3n) is 4.38. The number of aromatic nitrogens is 4. The van der Waals surface area contributed by atoms with Crippen molar-refractivity contribution in [2.45, 2.75) is 18.2 Å². The van der Waals surface area contributed by atoms with E-state index in [9.17, 15) is 8.42 Å². The molecule has 0 amide bonds. The van der Waals surface area contributed by atoms with Gasteiger partial charge in [0.25, 0.3) is 0 Å². The zero-order chi connectivity index (χ0) is 20.9. The molecule has 0 fully saturated rings. The van der Waals surface area contributed by atoms with Crippen LogP contribution in [0.15, 0.2) is 47.6 Å². The van der Waals surface area contributed by atoms with Crippen LogP contribution in [-0.4, -0.2) is 48.2 Å². The number of ether oxygens (including phenoxy) is 1. The van der Waals surface area contributed by atoms with Crippen LogP contribution in [0.5, 0.6) is 0 Å². The predicted molar refractivity (Wildman–Crippen MR) is 110 cm³/mol. The van der Waals surface area contributed by atoms with Crippen LogP contribution in [0.3, 0.4) is 0 Å². The molecule has 10 heteroatoms. The summed E-state index contributed by atoms with van der Waals surface area (Å²) in [7, 11) is -0.0431. The average molecular weight is 417 g/mol. The third-order valence-corrected chi connectivity index (χ3v) is 5.85. The molecule has 0 atom stereocenters. The number of hydrogen-bond donors (Lipinski definition) is 2. The van der Waals surface area contributed by atoms with E-state index < -0.39 is 10.0 Å². The molecule has 2 heterocycles. The fraction of sp³-hybridized carbons (Fsp3) is 0.316. The number of methoxy groups -OCH3 is 1. The highest BCUT2D eigenvalue weighted by Crippen LogP contribution is 2.21. The Labute approximate surface area is 170 Å². The topological polar surface area (TPSA) is 111 Å². The lowest BCUT2D eigenvalue weighted by atomic mass is 10.3. The number of hydrogen-bond acceptors (Lipinski definition) is 7. The highest BCUT2D eigenvalue weighted by Gasteiger charge is 2.13. The van der Waals surface area contributed by atoms with Gasteiger partial charge in [0, 0.05) is 39.2 Å². The van der Waals surface area contributed by atoms with Crippen molar-refractivity contribution in [3.63, 3.8) is 0 Å². The van der Waals surface area contributed by atoms with Crippen LogP contribution >= 0.6 is 0 Å². The fourth-order valence-electron chi connectivity index (χ4n) is 2.65. The second-order valence-corrected chi connectivity index (χ2v) is 8.18. The Morgan fingerprint density at radius 2 is 1.90 bits per heavy atom. The van der Waals surface area contributed by atoms with Gasteiger partial charge in [-0.15, -0.1) is 0 Å². The van der Waals surface area contributed by atoms with E-state index in [-0.39, 0.29) is 4.90 Å². The van der Waals surface area contributed by atoms with Gasteiger partial charge in [-0.1, -0.05) is 0 Å². The molecule has 0 unspecified atom stereocenters. The van der Waals surface area contributed by atoms with E-state index in [0.717, 1.165) is 17.2 Å². The molecule has 154 valence electrons. The molecule has 0 bridgehead atoms. The molecule has 3 aromatic rings. The molecular weight excluding hydrogens is 392 g/mol. The van der Waals surface area contributed by atoms with Crippen molar-refractivity contribution in [3.8, 4) is 11.4 Å². The van der Waals surface area contributed by atoms with Gasteiger partial charge in [0.2, 0.25) is 16.0 Å². The largest absolute Gasteiger partial charge is 0.385 e. The Bertz CT molecular complexity index is 1060. The van der Waals surface area contributed by atoms with Crippen LogP contribution in [-0.2, 0) is 21.8 Å². The van der Waals surface area contributed by atoms with E-state index in [1.165, 1.54) is 12.1 Å². The SMILES string of the molecule is COCCCNS(=O)(=O)c1ccc(Nc2nccc(-c3cnc(C)n3C)n2)cc1. The molecule has 0 spiro atoms. The van der Waals surface area contributed by atoms with E-state index in [4.69, 9.17) is 4.74 Å². The molecule has 2 aromatic heterocycles. The molecule has 0 saturated carbocycles. The Hall–Kier alpha value is -2.82. The quantitative estimate of drug-likeness (QED) is 0.515. The number of anilines is 2. The van der Waals surface area contributed by atoms with E-state index in [1.54, 1.807) is 31.6 Å². The first kappa shape index (κ1) is 20.9. The molecule has 1 aromatic carbocycles. The van der Waals surface area contributed by atoms with Crippen LogP contribution in [0.25, 0.3) is 11.4 Å². The summed E-state index contributed by atoms with van der Waals surface area (Å²) in [4.78, 5) is 13.2. The van der Waals surface area contributed by atoms with Crippen molar-refractivity contribution in [1.29, 1.82) is 0 Å².